The first-order chi connectivity index (χ1) is 20.3. The fourth-order valence-corrected chi connectivity index (χ4v) is 5.39. The van der Waals surface area contributed by atoms with E-state index in [2.05, 4.69) is 10.0 Å². The second kappa shape index (κ2) is 12.6. The molecule has 5 rings (SSSR count). The number of methoxy groups -OCH3 is 1. The number of benzene rings is 4. The lowest BCUT2D eigenvalue weighted by Gasteiger charge is -2.34. The Morgan fingerprint density at radius 3 is 2.40 bits per heavy atom. The molecule has 11 heteroatoms. The third-order valence-corrected chi connectivity index (χ3v) is 7.89. The lowest BCUT2D eigenvalue weighted by Crippen LogP contribution is -2.51. The molecular formula is C31H29N3O7S. The van der Waals surface area contributed by atoms with Crippen molar-refractivity contribution in [3.05, 3.63) is 109 Å². The van der Waals surface area contributed by atoms with Gasteiger partial charge in [0.25, 0.3) is 21.8 Å². The number of anilines is 2. The van der Waals surface area contributed by atoms with Crippen molar-refractivity contribution in [2.24, 2.45) is 0 Å². The number of fused-ring (bicyclic) bond motifs is 1. The van der Waals surface area contributed by atoms with Crippen LogP contribution in [0.15, 0.2) is 108 Å². The van der Waals surface area contributed by atoms with Gasteiger partial charge in [0.2, 0.25) is 0 Å². The topological polar surface area (TPSA) is 123 Å². The molecule has 0 spiro atoms. The maximum Gasteiger partial charge on any atom is 0.265 e. The van der Waals surface area contributed by atoms with Crippen LogP contribution in [-0.2, 0) is 26.2 Å². The Labute approximate surface area is 243 Å². The van der Waals surface area contributed by atoms with Gasteiger partial charge in [-0.3, -0.25) is 14.3 Å². The molecule has 0 aromatic heterocycles. The summed E-state index contributed by atoms with van der Waals surface area (Å²) in [7, 11) is -2.36. The lowest BCUT2D eigenvalue weighted by molar-refractivity contribution is -0.128. The summed E-state index contributed by atoms with van der Waals surface area (Å²) in [5.74, 6) is 0.512. The van der Waals surface area contributed by atoms with E-state index in [1.54, 1.807) is 48.5 Å². The summed E-state index contributed by atoms with van der Waals surface area (Å²) < 4.78 is 44.9. The number of rotatable bonds is 10. The van der Waals surface area contributed by atoms with Crippen molar-refractivity contribution in [3.63, 3.8) is 0 Å². The molecule has 4 aromatic carbocycles. The number of hydrogen-bond donors (Lipinski definition) is 2. The van der Waals surface area contributed by atoms with Crippen LogP contribution in [0.25, 0.3) is 0 Å². The first-order valence-electron chi connectivity index (χ1n) is 13.1. The zero-order valence-electron chi connectivity index (χ0n) is 22.7. The highest BCUT2D eigenvalue weighted by molar-refractivity contribution is 7.92. The SMILES string of the molecule is COc1cccc(NS(=O)(=O)c2ccc(OCC(=O)N3C[C@H](C(=O)NCc4ccccc4)Oc4ccccc43)cc2)c1. The van der Waals surface area contributed by atoms with Crippen molar-refractivity contribution in [1.82, 2.24) is 5.32 Å². The minimum atomic E-state index is -3.86. The maximum atomic E-state index is 13.3. The van der Waals surface area contributed by atoms with Crippen LogP contribution in [0.2, 0.25) is 0 Å². The molecule has 0 aliphatic carbocycles. The van der Waals surface area contributed by atoms with Crippen LogP contribution in [0, 0.1) is 0 Å². The van der Waals surface area contributed by atoms with Gasteiger partial charge in [0, 0.05) is 12.6 Å². The predicted molar refractivity (Wildman–Crippen MR) is 157 cm³/mol. The number of carbonyl (C=O) groups is 2. The molecular weight excluding hydrogens is 558 g/mol. The maximum absolute atomic E-state index is 13.3. The van der Waals surface area contributed by atoms with Crippen LogP contribution in [0.5, 0.6) is 17.2 Å². The monoisotopic (exact) mass is 587 g/mol. The van der Waals surface area contributed by atoms with Crippen LogP contribution in [0.1, 0.15) is 5.56 Å². The molecule has 1 atom stereocenters. The summed E-state index contributed by atoms with van der Waals surface area (Å²) in [6, 6.07) is 28.8. The molecule has 2 N–H and O–H groups in total. The van der Waals surface area contributed by atoms with Crippen LogP contribution in [0.3, 0.4) is 0 Å². The average molecular weight is 588 g/mol. The van der Waals surface area contributed by atoms with E-state index in [0.29, 0.717) is 35.2 Å². The van der Waals surface area contributed by atoms with Gasteiger partial charge in [-0.2, -0.15) is 0 Å². The number of sulfonamides is 1. The fourth-order valence-electron chi connectivity index (χ4n) is 4.34. The molecule has 216 valence electrons. The lowest BCUT2D eigenvalue weighted by atomic mass is 10.1. The third-order valence-electron chi connectivity index (χ3n) is 6.50. The van der Waals surface area contributed by atoms with Crippen molar-refractivity contribution in [2.75, 3.05) is 29.9 Å². The van der Waals surface area contributed by atoms with E-state index < -0.39 is 16.1 Å². The highest BCUT2D eigenvalue weighted by Crippen LogP contribution is 2.33. The quantitative estimate of drug-likeness (QED) is 0.288. The predicted octanol–water partition coefficient (Wildman–Crippen LogP) is 3.99. The normalized spacial score (nSPS) is 14.2. The van der Waals surface area contributed by atoms with Gasteiger partial charge in [-0.1, -0.05) is 48.5 Å². The largest absolute Gasteiger partial charge is 0.497 e. The van der Waals surface area contributed by atoms with E-state index >= 15 is 0 Å². The number of carbonyl (C=O) groups excluding carboxylic acids is 2. The number of hydrogen-bond acceptors (Lipinski definition) is 7. The Balaban J connectivity index is 1.21. The summed E-state index contributed by atoms with van der Waals surface area (Å²) in [5.41, 5.74) is 1.83. The van der Waals surface area contributed by atoms with Gasteiger partial charge in [-0.15, -0.1) is 0 Å². The van der Waals surface area contributed by atoms with Gasteiger partial charge in [-0.25, -0.2) is 8.42 Å². The van der Waals surface area contributed by atoms with Crippen molar-refractivity contribution in [1.29, 1.82) is 0 Å². The Hall–Kier alpha value is -5.03. The molecule has 1 heterocycles. The second-order valence-corrected chi connectivity index (χ2v) is 11.1. The van der Waals surface area contributed by atoms with Crippen LogP contribution >= 0.6 is 0 Å². The number of para-hydroxylation sites is 2. The number of nitrogens with one attached hydrogen (secondary N) is 2. The zero-order chi connectivity index (χ0) is 29.5. The smallest absolute Gasteiger partial charge is 0.265 e. The standard InChI is InChI=1S/C31H29N3O7S/c1-39-25-11-7-10-23(18-25)33-42(37,38)26-16-14-24(15-17-26)40-21-30(35)34-20-29(41-28-13-6-5-12-27(28)34)31(36)32-19-22-8-3-2-4-9-22/h2-18,29,33H,19-21H2,1H3,(H,32,36)/t29-/m1/s1. The summed E-state index contributed by atoms with van der Waals surface area (Å²) in [4.78, 5) is 27.7. The van der Waals surface area contributed by atoms with Gasteiger partial charge >= 0.3 is 0 Å². The number of amides is 2. The highest BCUT2D eigenvalue weighted by atomic mass is 32.2. The van der Waals surface area contributed by atoms with Crippen molar-refractivity contribution >= 4 is 33.2 Å². The molecule has 42 heavy (non-hydrogen) atoms. The molecule has 10 nitrogen and oxygen atoms in total. The number of nitrogens with zero attached hydrogens (tertiary/aromatic N) is 1. The Bertz CT molecular complexity index is 1660. The first-order valence-corrected chi connectivity index (χ1v) is 14.6. The summed E-state index contributed by atoms with van der Waals surface area (Å²) >= 11 is 0. The van der Waals surface area contributed by atoms with Crippen molar-refractivity contribution in [2.45, 2.75) is 17.5 Å². The molecule has 1 aliphatic heterocycles. The molecule has 0 saturated heterocycles. The number of ether oxygens (including phenoxy) is 3. The Morgan fingerprint density at radius 2 is 1.64 bits per heavy atom. The second-order valence-electron chi connectivity index (χ2n) is 9.38. The summed E-state index contributed by atoms with van der Waals surface area (Å²) in [6.07, 6.45) is -0.908. The highest BCUT2D eigenvalue weighted by Gasteiger charge is 2.33. The van der Waals surface area contributed by atoms with E-state index in [4.69, 9.17) is 14.2 Å². The van der Waals surface area contributed by atoms with E-state index in [0.717, 1.165) is 5.56 Å². The Kier molecular flexibility index (Phi) is 8.58. The zero-order valence-corrected chi connectivity index (χ0v) is 23.5. The van der Waals surface area contributed by atoms with E-state index in [1.165, 1.54) is 36.3 Å². The van der Waals surface area contributed by atoms with Gasteiger partial charge in [0.05, 0.1) is 29.9 Å². The molecule has 1 aliphatic rings. The molecule has 0 unspecified atom stereocenters. The average Bonchev–Trinajstić information content (AvgIpc) is 3.02. The third kappa shape index (κ3) is 6.81. The van der Waals surface area contributed by atoms with E-state index in [1.807, 2.05) is 30.3 Å². The molecule has 4 aromatic rings. The molecule has 0 radical (unpaired) electrons. The van der Waals surface area contributed by atoms with Crippen molar-refractivity contribution < 1.29 is 32.2 Å². The fraction of sp³-hybridized carbons (Fsp3) is 0.161. The van der Waals surface area contributed by atoms with Gasteiger partial charge < -0.3 is 24.4 Å². The van der Waals surface area contributed by atoms with E-state index in [-0.39, 0.29) is 29.9 Å². The van der Waals surface area contributed by atoms with Crippen molar-refractivity contribution in [3.8, 4) is 17.2 Å². The minimum absolute atomic E-state index is 0.00690. The molecule has 0 fully saturated rings. The van der Waals surface area contributed by atoms with Gasteiger partial charge in [0.15, 0.2) is 12.7 Å². The van der Waals surface area contributed by atoms with Crippen LogP contribution in [-0.4, -0.2) is 46.6 Å². The molecule has 0 bridgehead atoms. The molecule has 2 amide bonds. The van der Waals surface area contributed by atoms with Crippen LogP contribution in [0.4, 0.5) is 11.4 Å². The first kappa shape index (κ1) is 28.5. The Morgan fingerprint density at radius 1 is 0.905 bits per heavy atom. The van der Waals surface area contributed by atoms with Crippen LogP contribution < -0.4 is 29.1 Å². The van der Waals surface area contributed by atoms with Gasteiger partial charge in [-0.05, 0) is 54.1 Å². The molecule has 0 saturated carbocycles. The van der Waals surface area contributed by atoms with E-state index in [9.17, 15) is 18.0 Å². The minimum Gasteiger partial charge on any atom is -0.497 e. The van der Waals surface area contributed by atoms with Gasteiger partial charge in [0.1, 0.15) is 17.2 Å². The summed E-state index contributed by atoms with van der Waals surface area (Å²) in [5, 5.41) is 2.86. The summed E-state index contributed by atoms with van der Waals surface area (Å²) in [6.45, 7) is 0.00676.